The summed E-state index contributed by atoms with van der Waals surface area (Å²) in [5, 5.41) is 2.01. The van der Waals surface area contributed by atoms with E-state index in [1.807, 2.05) is 82.8 Å². The zero-order valence-electron chi connectivity index (χ0n) is 59.4. The van der Waals surface area contributed by atoms with Crippen LogP contribution < -0.4 is 39.2 Å². The Kier molecular flexibility index (Phi) is 18.4. The number of anilines is 12. The highest BCUT2D eigenvalue weighted by molar-refractivity contribution is 6.07. The van der Waals surface area contributed by atoms with Crippen molar-refractivity contribution >= 4 is 136 Å². The van der Waals surface area contributed by atoms with E-state index >= 15 is 0 Å². The van der Waals surface area contributed by atoms with Crippen molar-refractivity contribution in [2.75, 3.05) is 67.4 Å². The molecule has 18 nitrogen and oxygen atoms in total. The minimum atomic E-state index is -0.00913. The molecule has 2 aromatic heterocycles. The molecule has 4 aliphatic heterocycles. The van der Waals surface area contributed by atoms with E-state index in [1.165, 1.54) is 44.5 Å². The molecule has 18 heteroatoms. The molecule has 0 aliphatic carbocycles. The number of fused-ring (bicyclic) bond motifs is 7. The third kappa shape index (κ3) is 11.1. The number of hydrogen-bond acceptors (Lipinski definition) is 10. The van der Waals surface area contributed by atoms with Crippen LogP contribution in [0.5, 0.6) is 0 Å². The molecule has 4 aliphatic rings. The molecule has 494 valence electrons. The second-order valence-corrected chi connectivity index (χ2v) is 25.7. The largest absolute Gasteiger partial charge is 0.438 e. The summed E-state index contributed by atoms with van der Waals surface area (Å²) in [7, 11) is 8.09. The van der Waals surface area contributed by atoms with Gasteiger partial charge in [0, 0.05) is 96.7 Å². The van der Waals surface area contributed by atoms with Gasteiger partial charge in [0.05, 0.1) is 75.3 Å². The van der Waals surface area contributed by atoms with E-state index in [4.69, 9.17) is 57.0 Å². The highest BCUT2D eigenvalue weighted by atomic mass is 16.3. The number of pyridine rings is 1. The van der Waals surface area contributed by atoms with Crippen LogP contribution in [-0.2, 0) is 0 Å². The van der Waals surface area contributed by atoms with E-state index in [-0.39, 0.29) is 24.7 Å². The number of aryl methyl sites for hydroxylation is 6. The van der Waals surface area contributed by atoms with Crippen LogP contribution in [0.25, 0.3) is 60.8 Å². The smallest absolute Gasteiger partial charge is 0.227 e. The molecular formula is C82H75N17O. The van der Waals surface area contributed by atoms with E-state index in [0.717, 1.165) is 90.2 Å². The molecule has 6 heterocycles. The second-order valence-electron chi connectivity index (χ2n) is 25.7. The van der Waals surface area contributed by atoms with E-state index < -0.39 is 0 Å². The van der Waals surface area contributed by atoms with Gasteiger partial charge in [-0.1, -0.05) is 54.6 Å². The number of benzene rings is 8. The van der Waals surface area contributed by atoms with Crippen molar-refractivity contribution in [3.63, 3.8) is 0 Å². The molecule has 0 bridgehead atoms. The summed E-state index contributed by atoms with van der Waals surface area (Å²) < 4.78 is 6.00. The Morgan fingerprint density at radius 2 is 0.800 bits per heavy atom. The van der Waals surface area contributed by atoms with Crippen LogP contribution in [-0.4, -0.2) is 57.8 Å². The van der Waals surface area contributed by atoms with E-state index in [9.17, 15) is 0 Å². The fourth-order valence-electron chi connectivity index (χ4n) is 14.4. The summed E-state index contributed by atoms with van der Waals surface area (Å²) >= 11 is 0. The molecule has 4 atom stereocenters. The molecule has 0 saturated carbocycles. The average Bonchev–Trinajstić information content (AvgIpc) is 1.59. The van der Waals surface area contributed by atoms with Crippen molar-refractivity contribution in [3.05, 3.63) is 263 Å². The van der Waals surface area contributed by atoms with Gasteiger partial charge < -0.3 is 43.6 Å². The molecule has 0 amide bonds. The molecule has 14 rings (SSSR count). The number of rotatable bonds is 4. The van der Waals surface area contributed by atoms with Crippen LogP contribution in [0, 0.1) is 115 Å². The molecule has 0 spiro atoms. The lowest BCUT2D eigenvalue weighted by Gasteiger charge is -2.32. The Morgan fingerprint density at radius 3 is 1.30 bits per heavy atom. The van der Waals surface area contributed by atoms with Gasteiger partial charge in [0.25, 0.3) is 0 Å². The Bertz CT molecular complexity index is 5410. The van der Waals surface area contributed by atoms with Crippen LogP contribution in [0.3, 0.4) is 0 Å². The fourth-order valence-corrected chi connectivity index (χ4v) is 14.4. The predicted octanol–water partition coefficient (Wildman–Crippen LogP) is 23.0. The quantitative estimate of drug-likeness (QED) is 0.159. The van der Waals surface area contributed by atoms with Crippen molar-refractivity contribution in [3.8, 4) is 0 Å². The van der Waals surface area contributed by atoms with Crippen LogP contribution in [0.15, 0.2) is 126 Å². The minimum Gasteiger partial charge on any atom is -0.438 e. The Labute approximate surface area is 587 Å². The first kappa shape index (κ1) is 68.4. The van der Waals surface area contributed by atoms with Crippen molar-refractivity contribution in [2.45, 2.75) is 115 Å². The van der Waals surface area contributed by atoms with Gasteiger partial charge in [-0.05, 0) is 195 Å². The van der Waals surface area contributed by atoms with Gasteiger partial charge >= 0.3 is 0 Å². The average molecular weight is 1310 g/mol. The van der Waals surface area contributed by atoms with Gasteiger partial charge in [0.1, 0.15) is 30.2 Å². The van der Waals surface area contributed by atoms with Gasteiger partial charge in [-0.25, -0.2) is 29.2 Å². The molecule has 0 radical (unpaired) electrons. The molecule has 0 saturated heterocycles. The highest BCUT2D eigenvalue weighted by Crippen LogP contribution is 2.58. The number of aromatic nitrogens is 1. The summed E-state index contributed by atoms with van der Waals surface area (Å²) in [5.74, 6) is 0. The lowest BCUT2D eigenvalue weighted by molar-refractivity contribution is 0.653. The zero-order chi connectivity index (χ0) is 72.2. The normalized spacial score (nSPS) is 15.8. The maximum absolute atomic E-state index is 7.71. The molecular weight excluding hydrogens is 1240 g/mol. The number of para-hydroxylation sites is 1. The standard InChI is InChI=1S/C23H17N5O.C21H22N4.C20H20N4.C18H16N4/c1-13-11-16-15-7-6-10-26-23(15)29-20(16)12-19(13)28-14(2)27(5)18-9-8-17(24-3)21(25-4)22(18)28;1-12-11-13(2)20(15(4)14(12)3)25-16(5)24(8)18-10-9-17(22-6)19(23-7)21(18)25;1-12-8-9-13(2)19(14(12)3)24-15(4)23(7)17-11-10-16(21-5)18(22-6)20(17)24;1-12-8-6-7-9-16(12)22-13(2)21(5)17-11-14(19-3)10-15(20-4)18(17)22/h6-12,14H,1-2,5H3;9-11,16H,1-5,8H3;8-11,15H,1-4,7H3;6-11,13H,1-2,5H3/t14-;16-;15-;13-/m0000/s1. The van der Waals surface area contributed by atoms with E-state index in [0.29, 0.717) is 51.2 Å². The molecule has 100 heavy (non-hydrogen) atoms. The highest BCUT2D eigenvalue weighted by Gasteiger charge is 2.40. The summed E-state index contributed by atoms with van der Waals surface area (Å²) in [6, 6.07) is 37.3. The van der Waals surface area contributed by atoms with Crippen molar-refractivity contribution in [2.24, 2.45) is 0 Å². The first-order valence-electron chi connectivity index (χ1n) is 32.6. The van der Waals surface area contributed by atoms with Gasteiger partial charge in [-0.2, -0.15) is 0 Å². The first-order chi connectivity index (χ1) is 47.9. The summed E-state index contributed by atoms with van der Waals surface area (Å²) in [6.07, 6.45) is 1.97. The van der Waals surface area contributed by atoms with Gasteiger partial charge in [-0.15, -0.1) is 0 Å². The van der Waals surface area contributed by atoms with Crippen LogP contribution in [0.1, 0.15) is 77.8 Å². The van der Waals surface area contributed by atoms with Crippen molar-refractivity contribution < 1.29 is 4.42 Å². The third-order valence-corrected chi connectivity index (χ3v) is 20.4. The fraction of sp³-hybridized carbons (Fsp3) is 0.256. The Hall–Kier alpha value is -13.0. The van der Waals surface area contributed by atoms with Gasteiger partial charge in [-0.3, -0.25) is 14.5 Å². The predicted molar refractivity (Wildman–Crippen MR) is 409 cm³/mol. The summed E-state index contributed by atoms with van der Waals surface area (Å²) in [5.41, 5.74) is 27.3. The monoisotopic (exact) mass is 1310 g/mol. The first-order valence-corrected chi connectivity index (χ1v) is 32.6. The second kappa shape index (κ2) is 26.9. The topological polar surface area (TPSA) is 86.8 Å². The number of hydrogen-bond donors (Lipinski definition) is 0. The molecule has 8 aromatic carbocycles. The summed E-state index contributed by atoms with van der Waals surface area (Å²) in [6.45, 7) is 87.5. The van der Waals surface area contributed by atoms with Crippen LogP contribution in [0.4, 0.5) is 114 Å². The lowest BCUT2D eigenvalue weighted by atomic mass is 9.97. The van der Waals surface area contributed by atoms with E-state index in [1.54, 1.807) is 30.5 Å². The lowest BCUT2D eigenvalue weighted by Crippen LogP contribution is -2.36. The maximum Gasteiger partial charge on any atom is 0.227 e. The van der Waals surface area contributed by atoms with Crippen molar-refractivity contribution in [1.29, 1.82) is 0 Å². The maximum atomic E-state index is 7.71. The third-order valence-electron chi connectivity index (χ3n) is 20.4. The molecule has 0 N–H and O–H groups in total. The molecule has 10 aromatic rings. The van der Waals surface area contributed by atoms with Crippen LogP contribution >= 0.6 is 0 Å². The van der Waals surface area contributed by atoms with Gasteiger partial charge in [0.15, 0.2) is 22.7 Å². The number of nitrogens with zero attached hydrogens (tertiary/aromatic N) is 17. The summed E-state index contributed by atoms with van der Waals surface area (Å²) in [4.78, 5) is 50.7. The SMILES string of the molecule is [C-]#[N+]c1cc([N+]#[C-])c2c(c1)N(C)[C@H](C)N2c1ccccc1C.[C-]#[N+]c1ccc2c(c1[N+]#[C-])N(c1c(C)cc(C)c(C)c1C)[C@@H](C)N2C.[C-]#[N+]c1ccc2c(c1[N+]#[C-])N(c1c(C)ccc(C)c1C)[C@@H](C)N2C.[C-]#[N+]c1ccc2c(c1[N+]#[C-])N(c1cc3oc4ncccc4c3cc1C)[C@@H](C)N2C. The minimum absolute atomic E-state index is 0.00913. The Balaban J connectivity index is 0.000000135. The Morgan fingerprint density at radius 1 is 0.330 bits per heavy atom. The number of furan rings is 1. The zero-order valence-corrected chi connectivity index (χ0v) is 59.4. The van der Waals surface area contributed by atoms with E-state index in [2.05, 4.69) is 209 Å². The van der Waals surface area contributed by atoms with Crippen LogP contribution in [0.2, 0.25) is 0 Å². The van der Waals surface area contributed by atoms with Gasteiger partial charge in [0.2, 0.25) is 28.5 Å². The molecule has 0 fully saturated rings. The van der Waals surface area contributed by atoms with Crippen molar-refractivity contribution in [1.82, 2.24) is 4.98 Å². The molecule has 0 unspecified atom stereocenters.